The van der Waals surface area contributed by atoms with E-state index < -0.39 is 0 Å². The SMILES string of the molecule is CCOC(=O)Cc1noc2ccc3c(ccn3C3CC(O)C3)c12. The van der Waals surface area contributed by atoms with Crippen molar-refractivity contribution >= 4 is 27.8 Å². The summed E-state index contributed by atoms with van der Waals surface area (Å²) in [4.78, 5) is 11.8. The summed E-state index contributed by atoms with van der Waals surface area (Å²) >= 11 is 0. The first kappa shape index (κ1) is 14.3. The summed E-state index contributed by atoms with van der Waals surface area (Å²) in [6.45, 7) is 2.13. The fourth-order valence-corrected chi connectivity index (χ4v) is 3.32. The van der Waals surface area contributed by atoms with Gasteiger partial charge in [-0.3, -0.25) is 4.79 Å². The molecule has 3 aromatic rings. The number of esters is 1. The van der Waals surface area contributed by atoms with Gasteiger partial charge in [0.25, 0.3) is 0 Å². The molecule has 0 aliphatic heterocycles. The Hall–Kier alpha value is -2.34. The number of ether oxygens (including phenoxy) is 1. The van der Waals surface area contributed by atoms with Crippen LogP contribution in [0, 0.1) is 0 Å². The van der Waals surface area contributed by atoms with Gasteiger partial charge in [0.15, 0.2) is 5.58 Å². The second-order valence-corrected chi connectivity index (χ2v) is 5.98. The van der Waals surface area contributed by atoms with E-state index in [0.29, 0.717) is 23.9 Å². The molecule has 1 aromatic carbocycles. The van der Waals surface area contributed by atoms with Gasteiger partial charge in [0.05, 0.1) is 24.5 Å². The summed E-state index contributed by atoms with van der Waals surface area (Å²) in [6.07, 6.45) is 3.49. The van der Waals surface area contributed by atoms with Crippen LogP contribution in [0.4, 0.5) is 0 Å². The number of hydrogen-bond acceptors (Lipinski definition) is 5. The molecule has 120 valence electrons. The van der Waals surface area contributed by atoms with E-state index in [2.05, 4.69) is 9.72 Å². The Balaban J connectivity index is 1.78. The average molecular weight is 314 g/mol. The highest BCUT2D eigenvalue weighted by atomic mass is 16.5. The molecule has 1 aliphatic carbocycles. The molecule has 1 fully saturated rings. The van der Waals surface area contributed by atoms with Crippen molar-refractivity contribution in [3.63, 3.8) is 0 Å². The summed E-state index contributed by atoms with van der Waals surface area (Å²) in [5.41, 5.74) is 2.35. The van der Waals surface area contributed by atoms with E-state index in [1.807, 2.05) is 24.4 Å². The van der Waals surface area contributed by atoms with Crippen LogP contribution in [0.15, 0.2) is 28.9 Å². The first-order valence-electron chi connectivity index (χ1n) is 7.89. The zero-order chi connectivity index (χ0) is 16.0. The van der Waals surface area contributed by atoms with Crippen molar-refractivity contribution < 1.29 is 19.2 Å². The molecule has 6 nitrogen and oxygen atoms in total. The van der Waals surface area contributed by atoms with Crippen LogP contribution in [-0.4, -0.2) is 33.5 Å². The van der Waals surface area contributed by atoms with Crippen LogP contribution in [-0.2, 0) is 16.0 Å². The Morgan fingerprint density at radius 2 is 2.26 bits per heavy atom. The Kier molecular flexibility index (Phi) is 3.34. The van der Waals surface area contributed by atoms with Gasteiger partial charge >= 0.3 is 5.97 Å². The lowest BCUT2D eigenvalue weighted by atomic mass is 9.89. The molecule has 0 saturated heterocycles. The minimum atomic E-state index is -0.304. The molecule has 2 heterocycles. The number of aliphatic hydroxyl groups excluding tert-OH is 1. The Morgan fingerprint density at radius 3 is 3.00 bits per heavy atom. The van der Waals surface area contributed by atoms with Gasteiger partial charge in [0.2, 0.25) is 0 Å². The third kappa shape index (κ3) is 2.30. The molecule has 0 radical (unpaired) electrons. The van der Waals surface area contributed by atoms with E-state index in [4.69, 9.17) is 9.26 Å². The lowest BCUT2D eigenvalue weighted by Gasteiger charge is -2.33. The number of carbonyl (C=O) groups excluding carboxylic acids is 1. The van der Waals surface area contributed by atoms with Crippen LogP contribution in [0.3, 0.4) is 0 Å². The smallest absolute Gasteiger partial charge is 0.312 e. The highest BCUT2D eigenvalue weighted by Gasteiger charge is 2.29. The first-order valence-corrected chi connectivity index (χ1v) is 7.89. The van der Waals surface area contributed by atoms with Crippen molar-refractivity contribution in [1.29, 1.82) is 0 Å². The van der Waals surface area contributed by atoms with Crippen LogP contribution in [0.2, 0.25) is 0 Å². The summed E-state index contributed by atoms with van der Waals surface area (Å²) in [6, 6.07) is 6.23. The zero-order valence-electron chi connectivity index (χ0n) is 12.9. The molecule has 0 bridgehead atoms. The standard InChI is InChI=1S/C17H18N2O4/c1-2-22-16(21)9-13-17-12-5-6-19(10-7-11(20)8-10)14(12)3-4-15(17)23-18-13/h3-6,10-11,20H,2,7-9H2,1H3. The second kappa shape index (κ2) is 5.38. The number of nitrogens with zero attached hydrogens (tertiary/aromatic N) is 2. The van der Waals surface area contributed by atoms with E-state index in [0.717, 1.165) is 29.1 Å². The summed E-state index contributed by atoms with van der Waals surface area (Å²) in [5, 5.41) is 15.5. The topological polar surface area (TPSA) is 77.5 Å². The summed E-state index contributed by atoms with van der Waals surface area (Å²) in [7, 11) is 0. The minimum absolute atomic E-state index is 0.104. The van der Waals surface area contributed by atoms with Crippen LogP contribution < -0.4 is 0 Å². The molecular weight excluding hydrogens is 296 g/mol. The monoisotopic (exact) mass is 314 g/mol. The molecule has 6 heteroatoms. The first-order chi connectivity index (χ1) is 11.2. The van der Waals surface area contributed by atoms with E-state index in [1.165, 1.54) is 0 Å². The molecule has 0 spiro atoms. The Morgan fingerprint density at radius 1 is 1.43 bits per heavy atom. The second-order valence-electron chi connectivity index (χ2n) is 5.98. The quantitative estimate of drug-likeness (QED) is 0.749. The third-order valence-electron chi connectivity index (χ3n) is 4.51. The molecular formula is C17H18N2O4. The van der Waals surface area contributed by atoms with Crippen LogP contribution >= 0.6 is 0 Å². The summed E-state index contributed by atoms with van der Waals surface area (Å²) in [5.74, 6) is -0.304. The molecule has 0 amide bonds. The van der Waals surface area contributed by atoms with Crippen molar-refractivity contribution in [2.75, 3.05) is 6.61 Å². The van der Waals surface area contributed by atoms with E-state index in [-0.39, 0.29) is 18.5 Å². The number of rotatable bonds is 4. The normalized spacial score (nSPS) is 20.8. The molecule has 1 aliphatic rings. The minimum Gasteiger partial charge on any atom is -0.466 e. The maximum absolute atomic E-state index is 11.8. The number of hydrogen-bond donors (Lipinski definition) is 1. The molecule has 23 heavy (non-hydrogen) atoms. The van der Waals surface area contributed by atoms with Crippen molar-refractivity contribution in [3.05, 3.63) is 30.1 Å². The Labute approximate surface area is 132 Å². The maximum Gasteiger partial charge on any atom is 0.312 e. The molecule has 1 N–H and O–H groups in total. The molecule has 0 unspecified atom stereocenters. The maximum atomic E-state index is 11.8. The van der Waals surface area contributed by atoms with Crippen LogP contribution in [0.25, 0.3) is 21.9 Å². The number of aromatic nitrogens is 2. The fraction of sp³-hybridized carbons (Fsp3) is 0.412. The lowest BCUT2D eigenvalue weighted by molar-refractivity contribution is -0.142. The highest BCUT2D eigenvalue weighted by molar-refractivity contribution is 6.06. The number of benzene rings is 1. The van der Waals surface area contributed by atoms with Gasteiger partial charge in [0, 0.05) is 23.1 Å². The van der Waals surface area contributed by atoms with Gasteiger partial charge in [-0.1, -0.05) is 5.16 Å². The molecule has 2 aromatic heterocycles. The molecule has 1 saturated carbocycles. The van der Waals surface area contributed by atoms with Gasteiger partial charge in [-0.2, -0.15) is 0 Å². The van der Waals surface area contributed by atoms with Crippen molar-refractivity contribution in [3.8, 4) is 0 Å². The van der Waals surface area contributed by atoms with Crippen LogP contribution in [0.5, 0.6) is 0 Å². The van der Waals surface area contributed by atoms with E-state index >= 15 is 0 Å². The molecule has 4 rings (SSSR count). The van der Waals surface area contributed by atoms with Gasteiger partial charge in [-0.15, -0.1) is 0 Å². The van der Waals surface area contributed by atoms with Crippen molar-refractivity contribution in [2.24, 2.45) is 0 Å². The highest BCUT2D eigenvalue weighted by Crippen LogP contribution is 2.37. The van der Waals surface area contributed by atoms with Gasteiger partial charge in [-0.25, -0.2) is 0 Å². The number of aliphatic hydroxyl groups is 1. The average Bonchev–Trinajstić information content (AvgIpc) is 3.08. The predicted octanol–water partition coefficient (Wildman–Crippen LogP) is 2.58. The lowest BCUT2D eigenvalue weighted by Crippen LogP contribution is -2.30. The third-order valence-corrected chi connectivity index (χ3v) is 4.51. The molecule has 0 atom stereocenters. The summed E-state index contributed by atoms with van der Waals surface area (Å²) < 4.78 is 12.5. The van der Waals surface area contributed by atoms with Gasteiger partial charge in [0.1, 0.15) is 5.69 Å². The number of carbonyl (C=O) groups is 1. The van der Waals surface area contributed by atoms with E-state index in [9.17, 15) is 9.90 Å². The van der Waals surface area contributed by atoms with Crippen molar-refractivity contribution in [2.45, 2.75) is 38.3 Å². The van der Waals surface area contributed by atoms with Gasteiger partial charge in [-0.05, 0) is 38.0 Å². The van der Waals surface area contributed by atoms with Crippen molar-refractivity contribution in [1.82, 2.24) is 9.72 Å². The van der Waals surface area contributed by atoms with Gasteiger partial charge < -0.3 is 18.9 Å². The zero-order valence-corrected chi connectivity index (χ0v) is 12.9. The van der Waals surface area contributed by atoms with Crippen LogP contribution in [0.1, 0.15) is 31.5 Å². The largest absolute Gasteiger partial charge is 0.466 e. The fourth-order valence-electron chi connectivity index (χ4n) is 3.32. The van der Waals surface area contributed by atoms with E-state index in [1.54, 1.807) is 6.92 Å². The predicted molar refractivity (Wildman–Crippen MR) is 84.1 cm³/mol. The number of fused-ring (bicyclic) bond motifs is 3. The Bertz CT molecular complexity index is 873.